The van der Waals surface area contributed by atoms with Gasteiger partial charge in [0.25, 0.3) is 0 Å². The van der Waals surface area contributed by atoms with Crippen molar-refractivity contribution in [3.63, 3.8) is 0 Å². The van der Waals surface area contributed by atoms with E-state index in [-0.39, 0.29) is 0 Å². The van der Waals surface area contributed by atoms with Gasteiger partial charge in [0, 0.05) is 11.1 Å². The zero-order valence-corrected chi connectivity index (χ0v) is 12.0. The second-order valence-electron chi connectivity index (χ2n) is 3.82. The number of thiazole rings is 2. The first kappa shape index (κ1) is 11.9. The third-order valence-electron chi connectivity index (χ3n) is 2.56. The Morgan fingerprint density at radius 3 is 3.00 bits per heavy atom. The predicted molar refractivity (Wildman–Crippen MR) is 78.8 cm³/mol. The molecule has 0 unspecified atom stereocenters. The van der Waals surface area contributed by atoms with E-state index < -0.39 is 0 Å². The van der Waals surface area contributed by atoms with Crippen molar-refractivity contribution in [3.8, 4) is 0 Å². The fourth-order valence-electron chi connectivity index (χ4n) is 1.74. The SMILES string of the molecule is Cc1ncc(CNc2c(Cl)ccc3scnc23)s1. The first-order valence-corrected chi connectivity index (χ1v) is 7.48. The van der Waals surface area contributed by atoms with E-state index in [0.717, 1.165) is 27.5 Å². The molecule has 0 aliphatic rings. The summed E-state index contributed by atoms with van der Waals surface area (Å²) < 4.78 is 1.14. The molecule has 1 aromatic carbocycles. The van der Waals surface area contributed by atoms with Gasteiger partial charge in [-0.3, -0.25) is 0 Å². The van der Waals surface area contributed by atoms with E-state index in [4.69, 9.17) is 11.6 Å². The molecule has 6 heteroatoms. The van der Waals surface area contributed by atoms with Crippen molar-refractivity contribution in [3.05, 3.63) is 38.7 Å². The maximum atomic E-state index is 6.22. The summed E-state index contributed by atoms with van der Waals surface area (Å²) >= 11 is 9.52. The quantitative estimate of drug-likeness (QED) is 0.781. The molecule has 92 valence electrons. The van der Waals surface area contributed by atoms with E-state index in [9.17, 15) is 0 Å². The van der Waals surface area contributed by atoms with Gasteiger partial charge in [-0.1, -0.05) is 11.6 Å². The Kier molecular flexibility index (Phi) is 3.20. The van der Waals surface area contributed by atoms with Crippen LogP contribution in [0.3, 0.4) is 0 Å². The van der Waals surface area contributed by atoms with Gasteiger partial charge >= 0.3 is 0 Å². The van der Waals surface area contributed by atoms with Gasteiger partial charge in [-0.05, 0) is 19.1 Å². The van der Waals surface area contributed by atoms with Gasteiger partial charge in [-0.25, -0.2) is 9.97 Å². The van der Waals surface area contributed by atoms with Gasteiger partial charge in [-0.2, -0.15) is 0 Å². The van der Waals surface area contributed by atoms with Crippen molar-refractivity contribution in [1.82, 2.24) is 9.97 Å². The Morgan fingerprint density at radius 1 is 1.33 bits per heavy atom. The van der Waals surface area contributed by atoms with Gasteiger partial charge in [-0.15, -0.1) is 22.7 Å². The van der Waals surface area contributed by atoms with E-state index in [1.54, 1.807) is 22.7 Å². The lowest BCUT2D eigenvalue weighted by atomic mass is 10.3. The van der Waals surface area contributed by atoms with Gasteiger partial charge in [0.2, 0.25) is 0 Å². The number of rotatable bonds is 3. The lowest BCUT2D eigenvalue weighted by molar-refractivity contribution is 1.17. The lowest BCUT2D eigenvalue weighted by Crippen LogP contribution is -1.98. The molecule has 0 fully saturated rings. The first-order valence-electron chi connectivity index (χ1n) is 5.41. The number of nitrogens with zero attached hydrogens (tertiary/aromatic N) is 2. The number of benzene rings is 1. The van der Waals surface area contributed by atoms with Crippen LogP contribution in [0.5, 0.6) is 0 Å². The Balaban J connectivity index is 1.89. The first-order chi connectivity index (χ1) is 8.74. The van der Waals surface area contributed by atoms with Crippen LogP contribution in [-0.2, 0) is 6.54 Å². The smallest absolute Gasteiger partial charge is 0.106 e. The topological polar surface area (TPSA) is 37.8 Å². The molecule has 0 amide bonds. The molecule has 3 aromatic rings. The molecule has 18 heavy (non-hydrogen) atoms. The third-order valence-corrected chi connectivity index (χ3v) is 4.58. The molecule has 0 aliphatic carbocycles. The Bertz CT molecular complexity index is 690. The van der Waals surface area contributed by atoms with Gasteiger partial charge in [0.15, 0.2) is 0 Å². The van der Waals surface area contributed by atoms with Crippen LogP contribution in [0.15, 0.2) is 23.8 Å². The zero-order valence-electron chi connectivity index (χ0n) is 9.61. The average Bonchev–Trinajstić information content (AvgIpc) is 2.96. The van der Waals surface area contributed by atoms with Crippen molar-refractivity contribution in [2.24, 2.45) is 0 Å². The van der Waals surface area contributed by atoms with E-state index in [0.29, 0.717) is 5.02 Å². The summed E-state index contributed by atoms with van der Waals surface area (Å²) in [6.07, 6.45) is 1.89. The number of aryl methyl sites for hydroxylation is 1. The molecule has 0 spiro atoms. The fourth-order valence-corrected chi connectivity index (χ4v) is 3.38. The number of fused-ring (bicyclic) bond motifs is 1. The van der Waals surface area contributed by atoms with E-state index >= 15 is 0 Å². The van der Waals surface area contributed by atoms with Crippen LogP contribution in [0.1, 0.15) is 9.88 Å². The van der Waals surface area contributed by atoms with E-state index in [2.05, 4.69) is 15.3 Å². The molecule has 1 N–H and O–H groups in total. The summed E-state index contributed by atoms with van der Waals surface area (Å²) in [5, 5.41) is 5.13. The maximum Gasteiger partial charge on any atom is 0.106 e. The molecule has 0 saturated heterocycles. The molecule has 3 nitrogen and oxygen atoms in total. The van der Waals surface area contributed by atoms with Crippen molar-refractivity contribution in [2.75, 3.05) is 5.32 Å². The summed E-state index contributed by atoms with van der Waals surface area (Å²) in [6, 6.07) is 3.90. The molecule has 3 rings (SSSR count). The molecule has 0 atom stereocenters. The number of nitrogens with one attached hydrogen (secondary N) is 1. The monoisotopic (exact) mass is 295 g/mol. The second-order valence-corrected chi connectivity index (χ2v) is 6.43. The molecule has 0 radical (unpaired) electrons. The highest BCUT2D eigenvalue weighted by atomic mass is 35.5. The number of aromatic nitrogens is 2. The number of anilines is 1. The lowest BCUT2D eigenvalue weighted by Gasteiger charge is -2.07. The molecule has 0 aliphatic heterocycles. The van der Waals surface area contributed by atoms with Crippen molar-refractivity contribution in [1.29, 1.82) is 0 Å². The zero-order chi connectivity index (χ0) is 12.5. The van der Waals surface area contributed by atoms with Crippen LogP contribution >= 0.6 is 34.3 Å². The van der Waals surface area contributed by atoms with Crippen molar-refractivity contribution >= 4 is 50.2 Å². The molecule has 0 bridgehead atoms. The normalized spacial score (nSPS) is 11.0. The molecule has 2 heterocycles. The molecular formula is C12H10ClN3S2. The second kappa shape index (κ2) is 4.84. The van der Waals surface area contributed by atoms with Crippen LogP contribution in [0, 0.1) is 6.92 Å². The number of halogens is 1. The minimum Gasteiger partial charge on any atom is -0.377 e. The van der Waals surface area contributed by atoms with Crippen LogP contribution in [-0.4, -0.2) is 9.97 Å². The van der Waals surface area contributed by atoms with Gasteiger partial charge in [0.05, 0.1) is 32.5 Å². The molecule has 0 saturated carbocycles. The van der Waals surface area contributed by atoms with Crippen molar-refractivity contribution < 1.29 is 0 Å². The minimum absolute atomic E-state index is 0.703. The highest BCUT2D eigenvalue weighted by molar-refractivity contribution is 7.16. The predicted octanol–water partition coefficient (Wildman–Crippen LogP) is 4.33. The van der Waals surface area contributed by atoms with Crippen LogP contribution in [0.25, 0.3) is 10.2 Å². The van der Waals surface area contributed by atoms with Gasteiger partial charge in [0.1, 0.15) is 5.52 Å². The Hall–Kier alpha value is -1.17. The summed E-state index contributed by atoms with van der Waals surface area (Å²) in [5.74, 6) is 0. The fraction of sp³-hybridized carbons (Fsp3) is 0.167. The van der Waals surface area contributed by atoms with Crippen LogP contribution in [0.2, 0.25) is 5.02 Å². The van der Waals surface area contributed by atoms with E-state index in [1.165, 1.54) is 4.88 Å². The van der Waals surface area contributed by atoms with E-state index in [1.807, 2.05) is 30.8 Å². The summed E-state index contributed by atoms with van der Waals surface area (Å²) in [6.45, 7) is 2.73. The standard InChI is InChI=1S/C12H10ClN3S2/c1-7-14-4-8(18-7)5-15-11-9(13)2-3-10-12(11)16-6-17-10/h2-4,6,15H,5H2,1H3. The van der Waals surface area contributed by atoms with Crippen LogP contribution in [0.4, 0.5) is 5.69 Å². The van der Waals surface area contributed by atoms with Crippen LogP contribution < -0.4 is 5.32 Å². The average molecular weight is 296 g/mol. The number of hydrogen-bond donors (Lipinski definition) is 1. The minimum atomic E-state index is 0.703. The van der Waals surface area contributed by atoms with Gasteiger partial charge < -0.3 is 5.32 Å². The third kappa shape index (κ3) is 2.21. The highest BCUT2D eigenvalue weighted by Crippen LogP contribution is 2.32. The molecular weight excluding hydrogens is 286 g/mol. The summed E-state index contributed by atoms with van der Waals surface area (Å²) in [5.41, 5.74) is 3.68. The Labute approximate surface area is 117 Å². The number of hydrogen-bond acceptors (Lipinski definition) is 5. The summed E-state index contributed by atoms with van der Waals surface area (Å²) in [4.78, 5) is 9.78. The maximum absolute atomic E-state index is 6.22. The Morgan fingerprint density at radius 2 is 2.22 bits per heavy atom. The molecule has 2 aromatic heterocycles. The largest absolute Gasteiger partial charge is 0.377 e. The van der Waals surface area contributed by atoms with Crippen molar-refractivity contribution in [2.45, 2.75) is 13.5 Å². The highest BCUT2D eigenvalue weighted by Gasteiger charge is 2.08. The summed E-state index contributed by atoms with van der Waals surface area (Å²) in [7, 11) is 0.